The van der Waals surface area contributed by atoms with Crippen LogP contribution in [0.5, 0.6) is 0 Å². The highest BCUT2D eigenvalue weighted by atomic mass is 32.2. The Labute approximate surface area is 205 Å². The maximum absolute atomic E-state index is 13.7. The highest BCUT2D eigenvalue weighted by molar-refractivity contribution is 8.01. The van der Waals surface area contributed by atoms with E-state index in [4.69, 9.17) is 5.73 Å². The first-order valence-electron chi connectivity index (χ1n) is 11.5. The molecule has 1 aromatic carbocycles. The Bertz CT molecular complexity index is 1210. The van der Waals surface area contributed by atoms with Crippen LogP contribution in [0.25, 0.3) is 0 Å². The van der Waals surface area contributed by atoms with Crippen molar-refractivity contribution in [2.24, 2.45) is 11.1 Å². The molecule has 0 saturated heterocycles. The number of carbonyl (C=O) groups excluding carboxylic acids is 1. The van der Waals surface area contributed by atoms with Crippen molar-refractivity contribution in [3.05, 3.63) is 69.0 Å². The molecule has 2 heterocycles. The monoisotopic (exact) mass is 477 g/mol. The third-order valence-corrected chi connectivity index (χ3v) is 8.83. The van der Waals surface area contributed by atoms with Gasteiger partial charge in [-0.05, 0) is 60.3 Å². The number of benzene rings is 1. The van der Waals surface area contributed by atoms with Crippen molar-refractivity contribution in [3.8, 4) is 6.07 Å². The average molecular weight is 478 g/mol. The summed E-state index contributed by atoms with van der Waals surface area (Å²) < 4.78 is 1.19. The molecule has 1 atom stereocenters. The molecule has 0 saturated carbocycles. The standard InChI is InChI=1S/C27H31N3OS2/c1-6-18-12-19(26(33-18)32-7-2)23-20(15-28)25(29)30(17-10-8-9-16(3)11-17)21-13-27(4,5)14-22(31)24(21)23/h8-12,23H,6-7,13-14,29H2,1-5H3/t23-/m1/s1. The van der Waals surface area contributed by atoms with Crippen LogP contribution >= 0.6 is 23.1 Å². The van der Waals surface area contributed by atoms with E-state index >= 15 is 0 Å². The maximum Gasteiger partial charge on any atom is 0.162 e. The number of nitrogens with zero attached hydrogens (tertiary/aromatic N) is 2. The fraction of sp³-hybridized carbons (Fsp3) is 0.407. The van der Waals surface area contributed by atoms with Crippen molar-refractivity contribution in [2.75, 3.05) is 10.7 Å². The smallest absolute Gasteiger partial charge is 0.162 e. The molecule has 0 spiro atoms. The molecule has 0 amide bonds. The minimum atomic E-state index is -0.403. The first kappa shape index (κ1) is 23.7. The molecule has 172 valence electrons. The molecular formula is C27H31N3OS2. The lowest BCUT2D eigenvalue weighted by molar-refractivity contribution is -0.118. The first-order chi connectivity index (χ1) is 15.7. The van der Waals surface area contributed by atoms with Crippen molar-refractivity contribution in [3.63, 3.8) is 0 Å². The van der Waals surface area contributed by atoms with Crippen LogP contribution in [0.2, 0.25) is 0 Å². The van der Waals surface area contributed by atoms with Crippen LogP contribution < -0.4 is 10.6 Å². The van der Waals surface area contributed by atoms with Crippen molar-refractivity contribution >= 4 is 34.6 Å². The number of carbonyl (C=O) groups is 1. The highest BCUT2D eigenvalue weighted by Crippen LogP contribution is 2.52. The quantitative estimate of drug-likeness (QED) is 0.487. The van der Waals surface area contributed by atoms with Gasteiger partial charge in [-0.3, -0.25) is 9.69 Å². The second-order valence-corrected chi connectivity index (χ2v) is 12.2. The molecule has 6 heteroatoms. The van der Waals surface area contributed by atoms with E-state index in [0.717, 1.165) is 46.7 Å². The van der Waals surface area contributed by atoms with Gasteiger partial charge in [-0.1, -0.05) is 39.8 Å². The van der Waals surface area contributed by atoms with Crippen LogP contribution in [0.4, 0.5) is 5.69 Å². The van der Waals surface area contributed by atoms with Gasteiger partial charge in [0.25, 0.3) is 0 Å². The first-order valence-corrected chi connectivity index (χ1v) is 13.3. The fourth-order valence-electron chi connectivity index (χ4n) is 4.94. The Kier molecular flexibility index (Phi) is 6.48. The molecule has 1 aromatic heterocycles. The fourth-order valence-corrected chi connectivity index (χ4v) is 7.32. The van der Waals surface area contributed by atoms with E-state index in [9.17, 15) is 10.1 Å². The maximum atomic E-state index is 13.7. The molecule has 0 unspecified atom stereocenters. The lowest BCUT2D eigenvalue weighted by Gasteiger charge is -2.43. The third kappa shape index (κ3) is 4.25. The zero-order valence-corrected chi connectivity index (χ0v) is 21.6. The van der Waals surface area contributed by atoms with E-state index in [2.05, 4.69) is 45.9 Å². The second kappa shape index (κ2) is 9.04. The molecule has 33 heavy (non-hydrogen) atoms. The van der Waals surface area contributed by atoms with Crippen LogP contribution in [0, 0.1) is 23.7 Å². The topological polar surface area (TPSA) is 70.1 Å². The predicted octanol–water partition coefficient (Wildman–Crippen LogP) is 6.67. The zero-order chi connectivity index (χ0) is 23.9. The van der Waals surface area contributed by atoms with Crippen molar-refractivity contribution < 1.29 is 4.79 Å². The number of anilines is 1. The minimum absolute atomic E-state index is 0.126. The lowest BCUT2D eigenvalue weighted by atomic mass is 9.69. The van der Waals surface area contributed by atoms with Crippen LogP contribution in [0.15, 0.2) is 57.2 Å². The number of rotatable bonds is 5. The van der Waals surface area contributed by atoms with Crippen molar-refractivity contribution in [1.82, 2.24) is 0 Å². The Morgan fingerprint density at radius 1 is 1.27 bits per heavy atom. The number of nitrogens with two attached hydrogens (primary N) is 1. The lowest BCUT2D eigenvalue weighted by Crippen LogP contribution is -2.42. The SMILES string of the molecule is CCSc1sc(CC)cc1[C@@H]1C(C#N)=C(N)N(c2cccc(C)c2)C2=C1C(=O)CC(C)(C)C2. The molecule has 2 aliphatic rings. The van der Waals surface area contributed by atoms with Gasteiger partial charge in [0.05, 0.1) is 21.8 Å². The normalized spacial score (nSPS) is 20.2. The Morgan fingerprint density at radius 2 is 2.03 bits per heavy atom. The zero-order valence-electron chi connectivity index (χ0n) is 20.0. The van der Waals surface area contributed by atoms with Crippen molar-refractivity contribution in [1.29, 1.82) is 5.26 Å². The van der Waals surface area contributed by atoms with E-state index in [1.165, 1.54) is 9.09 Å². The summed E-state index contributed by atoms with van der Waals surface area (Å²) >= 11 is 3.56. The van der Waals surface area contributed by atoms with Gasteiger partial charge in [0.1, 0.15) is 5.82 Å². The number of hydrogen-bond acceptors (Lipinski definition) is 6. The summed E-state index contributed by atoms with van der Waals surface area (Å²) in [5.74, 6) is 1.10. The molecule has 4 nitrogen and oxygen atoms in total. The van der Waals surface area contributed by atoms with Gasteiger partial charge in [-0.25, -0.2) is 0 Å². The number of aryl methyl sites for hydroxylation is 2. The number of hydrogen-bond donors (Lipinski definition) is 1. The molecule has 0 bridgehead atoms. The summed E-state index contributed by atoms with van der Waals surface area (Å²) in [6, 6.07) is 12.7. The summed E-state index contributed by atoms with van der Waals surface area (Å²) in [5.41, 5.74) is 11.9. The molecule has 1 aliphatic heterocycles. The van der Waals surface area contributed by atoms with E-state index in [-0.39, 0.29) is 11.2 Å². The molecular weight excluding hydrogens is 446 g/mol. The van der Waals surface area contributed by atoms with Gasteiger partial charge in [0, 0.05) is 28.3 Å². The Morgan fingerprint density at radius 3 is 2.67 bits per heavy atom. The van der Waals surface area contributed by atoms with Crippen LogP contribution in [-0.4, -0.2) is 11.5 Å². The van der Waals surface area contributed by atoms with E-state index < -0.39 is 5.92 Å². The van der Waals surface area contributed by atoms with Gasteiger partial charge >= 0.3 is 0 Å². The van der Waals surface area contributed by atoms with Crippen molar-refractivity contribution in [2.45, 2.75) is 64.0 Å². The molecule has 0 fully saturated rings. The summed E-state index contributed by atoms with van der Waals surface area (Å²) in [6.45, 7) is 10.6. The number of Topliss-reactive ketones (excluding diaryl/α,β-unsaturated/α-hetero) is 1. The van der Waals surface area contributed by atoms with Crippen LogP contribution in [0.3, 0.4) is 0 Å². The van der Waals surface area contributed by atoms with Gasteiger partial charge in [-0.15, -0.1) is 23.1 Å². The van der Waals surface area contributed by atoms with Crippen LogP contribution in [-0.2, 0) is 11.2 Å². The number of thiophene rings is 1. The molecule has 4 rings (SSSR count). The number of nitriles is 1. The largest absolute Gasteiger partial charge is 0.384 e. The molecule has 0 radical (unpaired) electrons. The molecule has 1 aliphatic carbocycles. The number of allylic oxidation sites excluding steroid dienone is 3. The summed E-state index contributed by atoms with van der Waals surface area (Å²) in [6.07, 6.45) is 2.14. The summed E-state index contributed by atoms with van der Waals surface area (Å²) in [7, 11) is 0. The van der Waals surface area contributed by atoms with Gasteiger partial charge in [-0.2, -0.15) is 5.26 Å². The second-order valence-electron chi connectivity index (χ2n) is 9.56. The summed E-state index contributed by atoms with van der Waals surface area (Å²) in [5, 5.41) is 10.3. The Balaban J connectivity index is 2.01. The summed E-state index contributed by atoms with van der Waals surface area (Å²) in [4.78, 5) is 17.0. The molecule has 2 N–H and O–H groups in total. The average Bonchev–Trinajstić information content (AvgIpc) is 3.15. The third-order valence-electron chi connectivity index (χ3n) is 6.35. The predicted molar refractivity (Wildman–Crippen MR) is 138 cm³/mol. The highest BCUT2D eigenvalue weighted by Gasteiger charge is 2.45. The molecule has 2 aromatic rings. The number of ketones is 1. The van der Waals surface area contributed by atoms with Gasteiger partial charge in [0.2, 0.25) is 0 Å². The van der Waals surface area contributed by atoms with Crippen LogP contribution in [0.1, 0.15) is 62.5 Å². The van der Waals surface area contributed by atoms with E-state index in [0.29, 0.717) is 17.8 Å². The van der Waals surface area contributed by atoms with E-state index in [1.807, 2.05) is 30.0 Å². The van der Waals surface area contributed by atoms with Gasteiger partial charge in [0.15, 0.2) is 5.78 Å². The van der Waals surface area contributed by atoms with E-state index in [1.54, 1.807) is 23.1 Å². The Hall–Kier alpha value is -2.49. The number of thioether (sulfide) groups is 1. The van der Waals surface area contributed by atoms with Gasteiger partial charge < -0.3 is 5.73 Å². The minimum Gasteiger partial charge on any atom is -0.384 e.